The maximum atomic E-state index is 10.5. The summed E-state index contributed by atoms with van der Waals surface area (Å²) < 4.78 is 0. The Hall–Kier alpha value is -0.240. The first-order valence-electron chi connectivity index (χ1n) is 7.08. The van der Waals surface area contributed by atoms with Crippen LogP contribution in [0.5, 0.6) is 0 Å². The molecule has 0 spiro atoms. The van der Waals surface area contributed by atoms with Crippen molar-refractivity contribution >= 4 is 23.2 Å². The molecule has 0 bridgehead atoms. The third-order valence-electron chi connectivity index (χ3n) is 4.23. The van der Waals surface area contributed by atoms with Crippen molar-refractivity contribution in [2.45, 2.75) is 45.6 Å². The molecule has 1 aromatic rings. The van der Waals surface area contributed by atoms with Gasteiger partial charge >= 0.3 is 0 Å². The second-order valence-electron chi connectivity index (χ2n) is 6.15. The number of aliphatic hydroxyl groups is 1. The highest BCUT2D eigenvalue weighted by Crippen LogP contribution is 2.36. The summed E-state index contributed by atoms with van der Waals surface area (Å²) >= 11 is 12.3. The Morgan fingerprint density at radius 2 is 1.63 bits per heavy atom. The Labute approximate surface area is 125 Å². The highest BCUT2D eigenvalue weighted by Gasteiger charge is 2.29. The summed E-state index contributed by atoms with van der Waals surface area (Å²) in [6.45, 7) is 4.55. The zero-order valence-electron chi connectivity index (χ0n) is 11.6. The van der Waals surface area contributed by atoms with Crippen LogP contribution in [0.4, 0.5) is 0 Å². The maximum absolute atomic E-state index is 10.5. The van der Waals surface area contributed by atoms with Crippen LogP contribution in [0.25, 0.3) is 0 Å². The minimum Gasteiger partial charge on any atom is -0.392 e. The van der Waals surface area contributed by atoms with Crippen LogP contribution in [0.2, 0.25) is 10.0 Å². The zero-order valence-corrected chi connectivity index (χ0v) is 13.1. The lowest BCUT2D eigenvalue weighted by Gasteiger charge is -2.34. The Morgan fingerprint density at radius 1 is 1.11 bits per heavy atom. The summed E-state index contributed by atoms with van der Waals surface area (Å²) in [5.41, 5.74) is 0.879. The van der Waals surface area contributed by atoms with E-state index in [1.54, 1.807) is 0 Å². The monoisotopic (exact) mass is 300 g/mol. The normalized spacial score (nSPS) is 29.2. The average Bonchev–Trinajstić information content (AvgIpc) is 2.32. The smallest absolute Gasteiger partial charge is 0.0609 e. The molecule has 19 heavy (non-hydrogen) atoms. The second-order valence-corrected chi connectivity index (χ2v) is 6.96. The molecule has 3 heteroatoms. The van der Waals surface area contributed by atoms with Crippen molar-refractivity contribution in [3.8, 4) is 0 Å². The summed E-state index contributed by atoms with van der Waals surface area (Å²) in [7, 11) is 0. The maximum Gasteiger partial charge on any atom is 0.0609 e. The van der Waals surface area contributed by atoms with Gasteiger partial charge < -0.3 is 5.11 Å². The number of hydrogen-bond acceptors (Lipinski definition) is 1. The average molecular weight is 301 g/mol. The Bertz CT molecular complexity index is 403. The van der Waals surface area contributed by atoms with Crippen molar-refractivity contribution in [3.63, 3.8) is 0 Å². The van der Waals surface area contributed by atoms with Crippen LogP contribution in [-0.2, 0) is 6.42 Å². The van der Waals surface area contributed by atoms with Crippen molar-refractivity contribution in [2.75, 3.05) is 0 Å². The first-order chi connectivity index (χ1) is 8.97. The Balaban J connectivity index is 2.06. The number of rotatable bonds is 3. The van der Waals surface area contributed by atoms with E-state index in [2.05, 4.69) is 13.8 Å². The van der Waals surface area contributed by atoms with Gasteiger partial charge in [-0.25, -0.2) is 0 Å². The molecule has 1 saturated carbocycles. The van der Waals surface area contributed by atoms with Gasteiger partial charge in [0.05, 0.1) is 6.10 Å². The lowest BCUT2D eigenvalue weighted by molar-refractivity contribution is 0.0561. The van der Waals surface area contributed by atoms with E-state index in [1.165, 1.54) is 6.42 Å². The second kappa shape index (κ2) is 6.47. The highest BCUT2D eigenvalue weighted by atomic mass is 35.5. The van der Waals surface area contributed by atoms with Gasteiger partial charge in [0.25, 0.3) is 0 Å². The fraction of sp³-hybridized carbons (Fsp3) is 0.625. The standard InChI is InChI=1S/C16H22Cl2O/c1-10-6-11(2)8-12(7-10)16(19)9-13-14(17)4-3-5-15(13)18/h3-5,10-12,16,19H,6-9H2,1-2H3. The summed E-state index contributed by atoms with van der Waals surface area (Å²) in [5, 5.41) is 11.8. The minimum atomic E-state index is -0.345. The van der Waals surface area contributed by atoms with Crippen LogP contribution in [0.3, 0.4) is 0 Å². The molecule has 1 aliphatic carbocycles. The summed E-state index contributed by atoms with van der Waals surface area (Å²) in [6.07, 6.45) is 3.70. The van der Waals surface area contributed by atoms with Crippen molar-refractivity contribution in [1.82, 2.24) is 0 Å². The highest BCUT2D eigenvalue weighted by molar-refractivity contribution is 6.35. The van der Waals surface area contributed by atoms with Crippen LogP contribution in [0.15, 0.2) is 18.2 Å². The molecule has 1 nitrogen and oxygen atoms in total. The van der Waals surface area contributed by atoms with E-state index in [9.17, 15) is 5.11 Å². The molecule has 106 valence electrons. The lowest BCUT2D eigenvalue weighted by Crippen LogP contribution is -2.30. The van der Waals surface area contributed by atoms with Gasteiger partial charge in [0.2, 0.25) is 0 Å². The molecule has 3 atom stereocenters. The van der Waals surface area contributed by atoms with E-state index in [0.717, 1.165) is 18.4 Å². The van der Waals surface area contributed by atoms with Gasteiger partial charge in [0.1, 0.15) is 0 Å². The predicted octanol–water partition coefficient (Wildman–Crippen LogP) is 4.97. The molecule has 1 fully saturated rings. The number of hydrogen-bond donors (Lipinski definition) is 1. The summed E-state index contributed by atoms with van der Waals surface area (Å²) in [5.74, 6) is 1.77. The van der Waals surface area contributed by atoms with Gasteiger partial charge in [0, 0.05) is 16.5 Å². The third-order valence-corrected chi connectivity index (χ3v) is 4.94. The topological polar surface area (TPSA) is 20.2 Å². The van der Waals surface area contributed by atoms with E-state index in [0.29, 0.717) is 34.2 Å². The number of benzene rings is 1. The zero-order chi connectivity index (χ0) is 14.0. The van der Waals surface area contributed by atoms with E-state index < -0.39 is 0 Å². The number of aliphatic hydroxyl groups excluding tert-OH is 1. The Morgan fingerprint density at radius 3 is 2.16 bits per heavy atom. The summed E-state index contributed by atoms with van der Waals surface area (Å²) in [6, 6.07) is 5.51. The van der Waals surface area contributed by atoms with Crippen LogP contribution >= 0.6 is 23.2 Å². The van der Waals surface area contributed by atoms with Crippen LogP contribution in [0, 0.1) is 17.8 Å². The molecular weight excluding hydrogens is 279 g/mol. The van der Waals surface area contributed by atoms with Crippen molar-refractivity contribution in [1.29, 1.82) is 0 Å². The number of halogens is 2. The molecule has 1 N–H and O–H groups in total. The van der Waals surface area contributed by atoms with E-state index in [1.807, 2.05) is 18.2 Å². The molecule has 0 amide bonds. The molecule has 2 rings (SSSR count). The predicted molar refractivity (Wildman–Crippen MR) is 81.8 cm³/mol. The third kappa shape index (κ3) is 3.87. The van der Waals surface area contributed by atoms with Gasteiger partial charge in [-0.15, -0.1) is 0 Å². The lowest BCUT2D eigenvalue weighted by atomic mass is 9.73. The van der Waals surface area contributed by atoms with Crippen LogP contribution < -0.4 is 0 Å². The van der Waals surface area contributed by atoms with Gasteiger partial charge in [-0.2, -0.15) is 0 Å². The van der Waals surface area contributed by atoms with Gasteiger partial charge in [-0.3, -0.25) is 0 Å². The molecule has 3 unspecified atom stereocenters. The fourth-order valence-corrected chi connectivity index (χ4v) is 3.98. The molecule has 0 saturated heterocycles. The molecule has 1 aliphatic rings. The van der Waals surface area contributed by atoms with E-state index >= 15 is 0 Å². The fourth-order valence-electron chi connectivity index (χ4n) is 3.43. The SMILES string of the molecule is CC1CC(C)CC(C(O)Cc2c(Cl)cccc2Cl)C1. The van der Waals surface area contributed by atoms with Gasteiger partial charge in [0.15, 0.2) is 0 Å². The molecule has 1 aromatic carbocycles. The van der Waals surface area contributed by atoms with Crippen LogP contribution in [-0.4, -0.2) is 11.2 Å². The summed E-state index contributed by atoms with van der Waals surface area (Å²) in [4.78, 5) is 0. The van der Waals surface area contributed by atoms with Crippen molar-refractivity contribution in [3.05, 3.63) is 33.8 Å². The first kappa shape index (κ1) is 15.2. The van der Waals surface area contributed by atoms with E-state index in [-0.39, 0.29) is 6.10 Å². The largest absolute Gasteiger partial charge is 0.392 e. The molecule has 0 aliphatic heterocycles. The molecule has 0 radical (unpaired) electrons. The van der Waals surface area contributed by atoms with Gasteiger partial charge in [-0.1, -0.05) is 43.1 Å². The van der Waals surface area contributed by atoms with Crippen molar-refractivity contribution in [2.24, 2.45) is 17.8 Å². The van der Waals surface area contributed by atoms with Crippen molar-refractivity contribution < 1.29 is 5.11 Å². The van der Waals surface area contributed by atoms with E-state index in [4.69, 9.17) is 23.2 Å². The van der Waals surface area contributed by atoms with Crippen LogP contribution in [0.1, 0.15) is 38.7 Å². The minimum absolute atomic E-state index is 0.345. The first-order valence-corrected chi connectivity index (χ1v) is 7.84. The molecule has 0 heterocycles. The Kier molecular flexibility index (Phi) is 5.16. The molecular formula is C16H22Cl2O. The quantitative estimate of drug-likeness (QED) is 0.835. The van der Waals surface area contributed by atoms with Gasteiger partial charge in [-0.05, 0) is 54.7 Å². The molecule has 0 aromatic heterocycles.